The maximum atomic E-state index is 10.7. The van der Waals surface area contributed by atoms with Crippen LogP contribution in [0.1, 0.15) is 25.3 Å². The fraction of sp³-hybridized carbons (Fsp3) is 0.571. The maximum absolute atomic E-state index is 10.7. The highest BCUT2D eigenvalue weighted by molar-refractivity contribution is 4.85. The summed E-state index contributed by atoms with van der Waals surface area (Å²) in [7, 11) is 0. The van der Waals surface area contributed by atoms with Crippen molar-refractivity contribution in [2.24, 2.45) is 0 Å². The monoisotopic (exact) mass is 138 g/mol. The minimum absolute atomic E-state index is 0.00639. The normalized spacial score (nSPS) is 18.8. The molecule has 0 atom stereocenters. The van der Waals surface area contributed by atoms with Gasteiger partial charge >= 0.3 is 0 Å². The molecule has 1 aromatic heterocycles. The summed E-state index contributed by atoms with van der Waals surface area (Å²) < 4.78 is 1.91. The Hall–Kier alpha value is -0.990. The predicted octanol–water partition coefficient (Wildman–Crippen LogP) is 0.901. The highest BCUT2D eigenvalue weighted by Crippen LogP contribution is 2.29. The summed E-state index contributed by atoms with van der Waals surface area (Å²) in [6, 6.07) is 2.14. The lowest BCUT2D eigenvalue weighted by Gasteiger charge is -2.25. The van der Waals surface area contributed by atoms with Crippen molar-refractivity contribution in [3.63, 3.8) is 0 Å². The van der Waals surface area contributed by atoms with Gasteiger partial charge in [-0.15, -0.1) is 0 Å². The molecule has 54 valence electrons. The third kappa shape index (κ3) is 0.781. The molecule has 2 rings (SSSR count). The highest BCUT2D eigenvalue weighted by Gasteiger charge is 2.18. The molecule has 0 bridgehead atoms. The first-order valence-electron chi connectivity index (χ1n) is 3.63. The first kappa shape index (κ1) is 5.77. The molecule has 1 N–H and O–H groups in total. The topological polar surface area (TPSA) is 37.8 Å². The van der Waals surface area contributed by atoms with Crippen molar-refractivity contribution >= 4 is 0 Å². The molecule has 0 spiro atoms. The maximum Gasteiger partial charge on any atom is 0.264 e. The quantitative estimate of drug-likeness (QED) is 0.615. The van der Waals surface area contributed by atoms with E-state index in [0.717, 1.165) is 0 Å². The molecule has 0 aliphatic heterocycles. The van der Waals surface area contributed by atoms with Crippen molar-refractivity contribution in [1.29, 1.82) is 0 Å². The Morgan fingerprint density at radius 3 is 2.80 bits per heavy atom. The SMILES string of the molecule is O=c1ccn(C2CCC2)[nH]1. The molecule has 0 aromatic carbocycles. The highest BCUT2D eigenvalue weighted by atomic mass is 16.1. The summed E-state index contributed by atoms with van der Waals surface area (Å²) in [5, 5.41) is 2.74. The van der Waals surface area contributed by atoms with E-state index in [1.54, 1.807) is 6.07 Å². The van der Waals surface area contributed by atoms with Gasteiger partial charge in [0.05, 0.1) is 0 Å². The molecule has 1 aliphatic rings. The van der Waals surface area contributed by atoms with Gasteiger partial charge in [0.2, 0.25) is 0 Å². The number of nitrogens with zero attached hydrogens (tertiary/aromatic N) is 1. The van der Waals surface area contributed by atoms with E-state index in [1.165, 1.54) is 19.3 Å². The molecule has 10 heavy (non-hydrogen) atoms. The van der Waals surface area contributed by atoms with Crippen LogP contribution in [0.2, 0.25) is 0 Å². The third-order valence-corrected chi connectivity index (χ3v) is 2.09. The van der Waals surface area contributed by atoms with E-state index in [1.807, 2.05) is 10.9 Å². The van der Waals surface area contributed by atoms with Crippen molar-refractivity contribution < 1.29 is 0 Å². The first-order chi connectivity index (χ1) is 4.86. The number of rotatable bonds is 1. The van der Waals surface area contributed by atoms with Crippen LogP contribution >= 0.6 is 0 Å². The summed E-state index contributed by atoms with van der Waals surface area (Å²) >= 11 is 0. The van der Waals surface area contributed by atoms with Gasteiger partial charge in [0.1, 0.15) is 0 Å². The molecular weight excluding hydrogens is 128 g/mol. The molecule has 3 nitrogen and oxygen atoms in total. The van der Waals surface area contributed by atoms with E-state index >= 15 is 0 Å². The minimum atomic E-state index is 0.00639. The molecule has 0 unspecified atom stereocenters. The molecule has 0 radical (unpaired) electrons. The Labute approximate surface area is 58.7 Å². The number of aromatic nitrogens is 2. The number of hydrogen-bond acceptors (Lipinski definition) is 1. The number of aromatic amines is 1. The summed E-state index contributed by atoms with van der Waals surface area (Å²) in [4.78, 5) is 10.7. The fourth-order valence-electron chi connectivity index (χ4n) is 1.23. The average molecular weight is 138 g/mol. The van der Waals surface area contributed by atoms with Crippen LogP contribution in [0.25, 0.3) is 0 Å². The van der Waals surface area contributed by atoms with Crippen LogP contribution in [0.15, 0.2) is 17.1 Å². The van der Waals surface area contributed by atoms with Gasteiger partial charge in [0, 0.05) is 18.3 Å². The summed E-state index contributed by atoms with van der Waals surface area (Å²) in [5.41, 5.74) is 0.00639. The van der Waals surface area contributed by atoms with E-state index < -0.39 is 0 Å². The molecule has 0 amide bonds. The zero-order chi connectivity index (χ0) is 6.97. The molecule has 1 aliphatic carbocycles. The predicted molar refractivity (Wildman–Crippen MR) is 37.9 cm³/mol. The average Bonchev–Trinajstić information content (AvgIpc) is 2.10. The van der Waals surface area contributed by atoms with E-state index in [-0.39, 0.29) is 5.56 Å². The Morgan fingerprint density at radius 1 is 1.60 bits per heavy atom. The van der Waals surface area contributed by atoms with Gasteiger partial charge in [-0.25, -0.2) is 0 Å². The van der Waals surface area contributed by atoms with Crippen molar-refractivity contribution in [3.05, 3.63) is 22.6 Å². The second kappa shape index (κ2) is 2.01. The van der Waals surface area contributed by atoms with Gasteiger partial charge in [0.25, 0.3) is 5.56 Å². The zero-order valence-corrected chi connectivity index (χ0v) is 5.71. The van der Waals surface area contributed by atoms with Crippen molar-refractivity contribution in [2.75, 3.05) is 0 Å². The van der Waals surface area contributed by atoms with E-state index in [4.69, 9.17) is 0 Å². The molecule has 1 saturated carbocycles. The first-order valence-corrected chi connectivity index (χ1v) is 3.63. The Kier molecular flexibility index (Phi) is 1.16. The Balaban J connectivity index is 2.25. The van der Waals surface area contributed by atoms with Gasteiger partial charge in [-0.3, -0.25) is 14.6 Å². The van der Waals surface area contributed by atoms with Crippen LogP contribution < -0.4 is 5.56 Å². The van der Waals surface area contributed by atoms with Crippen LogP contribution in [-0.2, 0) is 0 Å². The lowest BCUT2D eigenvalue weighted by molar-refractivity contribution is 0.288. The van der Waals surface area contributed by atoms with Gasteiger partial charge in [0.15, 0.2) is 0 Å². The fourth-order valence-corrected chi connectivity index (χ4v) is 1.23. The lowest BCUT2D eigenvalue weighted by Crippen LogP contribution is -2.19. The van der Waals surface area contributed by atoms with E-state index in [0.29, 0.717) is 6.04 Å². The molecule has 1 fully saturated rings. The number of H-pyrrole nitrogens is 1. The Bertz CT molecular complexity index is 269. The van der Waals surface area contributed by atoms with Gasteiger partial charge < -0.3 is 0 Å². The third-order valence-electron chi connectivity index (χ3n) is 2.09. The van der Waals surface area contributed by atoms with Gasteiger partial charge in [-0.1, -0.05) is 0 Å². The lowest BCUT2D eigenvalue weighted by atomic mass is 9.93. The largest absolute Gasteiger partial charge is 0.289 e. The van der Waals surface area contributed by atoms with Gasteiger partial charge in [-0.2, -0.15) is 0 Å². The van der Waals surface area contributed by atoms with Crippen molar-refractivity contribution in [1.82, 2.24) is 9.78 Å². The van der Waals surface area contributed by atoms with E-state index in [9.17, 15) is 4.79 Å². The van der Waals surface area contributed by atoms with Crippen LogP contribution in [0.3, 0.4) is 0 Å². The smallest absolute Gasteiger partial charge is 0.264 e. The molecule has 0 saturated heterocycles. The number of hydrogen-bond donors (Lipinski definition) is 1. The van der Waals surface area contributed by atoms with Crippen LogP contribution in [-0.4, -0.2) is 9.78 Å². The van der Waals surface area contributed by atoms with Crippen LogP contribution in [0.4, 0.5) is 0 Å². The summed E-state index contributed by atoms with van der Waals surface area (Å²) in [6.45, 7) is 0. The van der Waals surface area contributed by atoms with Crippen molar-refractivity contribution in [3.8, 4) is 0 Å². The van der Waals surface area contributed by atoms with Gasteiger partial charge in [-0.05, 0) is 19.3 Å². The zero-order valence-electron chi connectivity index (χ0n) is 5.71. The van der Waals surface area contributed by atoms with Crippen molar-refractivity contribution in [2.45, 2.75) is 25.3 Å². The minimum Gasteiger partial charge on any atom is -0.289 e. The van der Waals surface area contributed by atoms with E-state index in [2.05, 4.69) is 5.10 Å². The molecular formula is C7H10N2O. The second-order valence-electron chi connectivity index (χ2n) is 2.78. The summed E-state index contributed by atoms with van der Waals surface area (Å²) in [6.07, 6.45) is 5.55. The molecule has 3 heteroatoms. The van der Waals surface area contributed by atoms with Crippen LogP contribution in [0, 0.1) is 0 Å². The van der Waals surface area contributed by atoms with Crippen LogP contribution in [0.5, 0.6) is 0 Å². The number of nitrogens with one attached hydrogen (secondary N) is 1. The summed E-state index contributed by atoms with van der Waals surface area (Å²) in [5.74, 6) is 0. The molecule has 1 heterocycles. The Morgan fingerprint density at radius 2 is 2.40 bits per heavy atom. The second-order valence-corrected chi connectivity index (χ2v) is 2.78. The standard InChI is InChI=1S/C7H10N2O/c10-7-4-5-9(8-7)6-2-1-3-6/h4-6H,1-3H2,(H,8,10). The molecule has 1 aromatic rings.